The van der Waals surface area contributed by atoms with Crippen LogP contribution in [-0.4, -0.2) is 53.9 Å². The van der Waals surface area contributed by atoms with Crippen LogP contribution in [0.5, 0.6) is 0 Å². The Morgan fingerprint density at radius 1 is 1.19 bits per heavy atom. The summed E-state index contributed by atoms with van der Waals surface area (Å²) in [5.74, 6) is -0.521. The Morgan fingerprint density at radius 3 is 2.38 bits per heavy atom. The molecule has 1 atom stereocenters. The minimum atomic E-state index is -4.15. The number of carbonyl (C=O) groups is 1. The van der Waals surface area contributed by atoms with Gasteiger partial charge in [-0.05, 0) is 38.8 Å². The van der Waals surface area contributed by atoms with Crippen LogP contribution in [0.3, 0.4) is 0 Å². The quantitative estimate of drug-likeness (QED) is 0.793. The molecule has 0 aliphatic carbocycles. The summed E-state index contributed by atoms with van der Waals surface area (Å²) >= 11 is 0. The molecule has 0 saturated carbocycles. The molecule has 0 aromatic carbocycles. The predicted octanol–water partition coefficient (Wildman–Crippen LogP) is 3.80. The van der Waals surface area contributed by atoms with Crippen LogP contribution in [0, 0.1) is 5.92 Å². The number of aromatic nitrogens is 1. The molecular weight excluding hydrogens is 347 g/mol. The van der Waals surface area contributed by atoms with Gasteiger partial charge in [0, 0.05) is 38.3 Å². The van der Waals surface area contributed by atoms with Crippen molar-refractivity contribution in [1.82, 2.24) is 9.88 Å². The van der Waals surface area contributed by atoms with Crippen LogP contribution in [-0.2, 0) is 4.74 Å². The highest BCUT2D eigenvalue weighted by atomic mass is 19.4. The molecule has 3 heterocycles. The molecule has 0 radical (unpaired) electrons. The van der Waals surface area contributed by atoms with Gasteiger partial charge in [-0.1, -0.05) is 6.07 Å². The van der Waals surface area contributed by atoms with Gasteiger partial charge in [-0.2, -0.15) is 13.2 Å². The third-order valence-electron chi connectivity index (χ3n) is 4.75. The summed E-state index contributed by atoms with van der Waals surface area (Å²) in [5, 5.41) is 0. The van der Waals surface area contributed by atoms with Crippen molar-refractivity contribution in [3.8, 4) is 0 Å². The Hall–Kier alpha value is -1.99. The number of pyridine rings is 1. The smallest absolute Gasteiger partial charge is 0.410 e. The third kappa shape index (κ3) is 4.22. The van der Waals surface area contributed by atoms with Crippen molar-refractivity contribution in [3.05, 3.63) is 23.9 Å². The highest BCUT2D eigenvalue weighted by molar-refractivity contribution is 5.69. The molecule has 26 heavy (non-hydrogen) atoms. The maximum absolute atomic E-state index is 12.8. The first kappa shape index (κ1) is 18.8. The van der Waals surface area contributed by atoms with Gasteiger partial charge in [0.05, 0.1) is 5.92 Å². The molecule has 1 aromatic heterocycles. The molecular formula is C18H24F3N3O2. The molecule has 0 spiro atoms. The van der Waals surface area contributed by atoms with Gasteiger partial charge in [0.2, 0.25) is 0 Å². The molecule has 1 aromatic rings. The van der Waals surface area contributed by atoms with E-state index in [0.717, 1.165) is 5.56 Å². The monoisotopic (exact) mass is 371 g/mol. The minimum absolute atomic E-state index is 0.0360. The molecule has 144 valence electrons. The van der Waals surface area contributed by atoms with Crippen LogP contribution in [0.15, 0.2) is 18.3 Å². The van der Waals surface area contributed by atoms with Gasteiger partial charge in [-0.3, -0.25) is 0 Å². The van der Waals surface area contributed by atoms with E-state index in [-0.39, 0.29) is 25.0 Å². The van der Waals surface area contributed by atoms with E-state index in [1.165, 1.54) is 0 Å². The molecule has 5 nitrogen and oxygen atoms in total. The molecule has 2 aliphatic rings. The van der Waals surface area contributed by atoms with Crippen molar-refractivity contribution in [2.24, 2.45) is 5.92 Å². The number of hydrogen-bond acceptors (Lipinski definition) is 4. The molecule has 8 heteroatoms. The van der Waals surface area contributed by atoms with Crippen molar-refractivity contribution in [3.63, 3.8) is 0 Å². The number of amides is 1. The standard InChI is InChI=1S/C18H24F3N3O2/c1-17(2,3)26-16(25)24-9-13(10-24)12-4-5-15(22-8-12)23-7-6-14(11-23)18(19,20)21/h4-5,8,13-14H,6-7,9-11H2,1-3H3. The van der Waals surface area contributed by atoms with E-state index in [4.69, 9.17) is 4.74 Å². The summed E-state index contributed by atoms with van der Waals surface area (Å²) in [6, 6.07) is 3.66. The van der Waals surface area contributed by atoms with Gasteiger partial charge in [0.25, 0.3) is 0 Å². The Bertz CT molecular complexity index is 649. The van der Waals surface area contributed by atoms with Crippen LogP contribution in [0.2, 0.25) is 0 Å². The molecule has 0 bridgehead atoms. The van der Waals surface area contributed by atoms with Crippen LogP contribution in [0.25, 0.3) is 0 Å². The number of rotatable bonds is 2. The lowest BCUT2D eigenvalue weighted by molar-refractivity contribution is -0.168. The number of carbonyl (C=O) groups excluding carboxylic acids is 1. The summed E-state index contributed by atoms with van der Waals surface area (Å²) in [5.41, 5.74) is 0.468. The lowest BCUT2D eigenvalue weighted by Gasteiger charge is -2.40. The fraction of sp³-hybridized carbons (Fsp3) is 0.667. The zero-order chi connectivity index (χ0) is 19.1. The molecule has 2 fully saturated rings. The van der Waals surface area contributed by atoms with E-state index in [1.54, 1.807) is 22.1 Å². The first-order valence-corrected chi connectivity index (χ1v) is 8.78. The SMILES string of the molecule is CC(C)(C)OC(=O)N1CC(c2ccc(N3CCC(C(F)(F)F)C3)nc2)C1. The number of halogens is 3. The summed E-state index contributed by atoms with van der Waals surface area (Å²) in [4.78, 5) is 19.6. The van der Waals surface area contributed by atoms with E-state index < -0.39 is 17.7 Å². The fourth-order valence-electron chi connectivity index (χ4n) is 3.23. The Labute approximate surface area is 151 Å². The summed E-state index contributed by atoms with van der Waals surface area (Å²) in [7, 11) is 0. The lowest BCUT2D eigenvalue weighted by Crippen LogP contribution is -2.50. The molecule has 3 rings (SSSR count). The van der Waals surface area contributed by atoms with E-state index >= 15 is 0 Å². The van der Waals surface area contributed by atoms with Crippen LogP contribution >= 0.6 is 0 Å². The molecule has 0 N–H and O–H groups in total. The van der Waals surface area contributed by atoms with Crippen molar-refractivity contribution in [2.75, 3.05) is 31.1 Å². The number of anilines is 1. The average molecular weight is 371 g/mol. The average Bonchev–Trinajstić information content (AvgIpc) is 2.94. The molecule has 2 aliphatic heterocycles. The summed E-state index contributed by atoms with van der Waals surface area (Å²) in [6.07, 6.45) is -2.66. The van der Waals surface area contributed by atoms with Gasteiger partial charge in [-0.25, -0.2) is 9.78 Å². The Balaban J connectivity index is 1.53. The number of ether oxygens (including phenoxy) is 1. The van der Waals surface area contributed by atoms with Crippen molar-refractivity contribution in [1.29, 1.82) is 0 Å². The largest absolute Gasteiger partial charge is 0.444 e. The number of alkyl halides is 3. The second kappa shape index (κ2) is 6.63. The highest BCUT2D eigenvalue weighted by Crippen LogP contribution is 2.35. The summed E-state index contributed by atoms with van der Waals surface area (Å²) < 4.78 is 43.7. The van der Waals surface area contributed by atoms with E-state index in [1.807, 2.05) is 26.8 Å². The Kier molecular flexibility index (Phi) is 4.79. The lowest BCUT2D eigenvalue weighted by atomic mass is 9.93. The normalized spacial score (nSPS) is 21.7. The van der Waals surface area contributed by atoms with E-state index in [9.17, 15) is 18.0 Å². The van der Waals surface area contributed by atoms with Crippen LogP contribution < -0.4 is 4.90 Å². The van der Waals surface area contributed by atoms with Crippen molar-refractivity contribution >= 4 is 11.9 Å². The maximum atomic E-state index is 12.8. The first-order chi connectivity index (χ1) is 12.0. The van der Waals surface area contributed by atoms with Crippen LogP contribution in [0.4, 0.5) is 23.8 Å². The van der Waals surface area contributed by atoms with E-state index in [0.29, 0.717) is 25.5 Å². The fourth-order valence-corrected chi connectivity index (χ4v) is 3.23. The van der Waals surface area contributed by atoms with Crippen molar-refractivity contribution in [2.45, 2.75) is 44.9 Å². The molecule has 1 unspecified atom stereocenters. The topological polar surface area (TPSA) is 45.7 Å². The number of likely N-dealkylation sites (tertiary alicyclic amines) is 1. The predicted molar refractivity (Wildman–Crippen MR) is 91.2 cm³/mol. The zero-order valence-corrected chi connectivity index (χ0v) is 15.2. The first-order valence-electron chi connectivity index (χ1n) is 8.78. The highest BCUT2D eigenvalue weighted by Gasteiger charge is 2.44. The number of nitrogens with zero attached hydrogens (tertiary/aromatic N) is 3. The van der Waals surface area contributed by atoms with E-state index in [2.05, 4.69) is 4.98 Å². The van der Waals surface area contributed by atoms with Gasteiger partial charge in [0.15, 0.2) is 0 Å². The minimum Gasteiger partial charge on any atom is -0.444 e. The third-order valence-corrected chi connectivity index (χ3v) is 4.75. The second-order valence-electron chi connectivity index (χ2n) is 8.01. The van der Waals surface area contributed by atoms with Gasteiger partial charge in [-0.15, -0.1) is 0 Å². The Morgan fingerprint density at radius 2 is 1.88 bits per heavy atom. The van der Waals surface area contributed by atoms with Gasteiger partial charge >= 0.3 is 12.3 Å². The van der Waals surface area contributed by atoms with Crippen molar-refractivity contribution < 1.29 is 22.7 Å². The molecule has 1 amide bonds. The number of hydrogen-bond donors (Lipinski definition) is 0. The second-order valence-corrected chi connectivity index (χ2v) is 8.01. The van der Waals surface area contributed by atoms with Gasteiger partial charge in [0.1, 0.15) is 11.4 Å². The summed E-state index contributed by atoms with van der Waals surface area (Å²) in [6.45, 7) is 6.94. The maximum Gasteiger partial charge on any atom is 0.410 e. The van der Waals surface area contributed by atoms with Gasteiger partial charge < -0.3 is 14.5 Å². The zero-order valence-electron chi connectivity index (χ0n) is 15.2. The molecule has 2 saturated heterocycles. The van der Waals surface area contributed by atoms with Crippen LogP contribution in [0.1, 0.15) is 38.7 Å².